The number of hydrogen-bond acceptors (Lipinski definition) is 6. The quantitative estimate of drug-likeness (QED) is 0.650. The predicted molar refractivity (Wildman–Crippen MR) is 50.2 cm³/mol. The number of aromatic nitrogens is 2. The van der Waals surface area contributed by atoms with Crippen molar-refractivity contribution in [1.82, 2.24) is 20.1 Å². The van der Waals surface area contributed by atoms with Gasteiger partial charge in [0.05, 0.1) is 6.04 Å². The number of anilines is 1. The molecule has 1 aromatic heterocycles. The van der Waals surface area contributed by atoms with Crippen LogP contribution in [0.5, 0.6) is 0 Å². The molecule has 0 aromatic carbocycles. The van der Waals surface area contributed by atoms with Crippen LogP contribution < -0.4 is 5.73 Å². The highest BCUT2D eigenvalue weighted by molar-refractivity contribution is 5.76. The second kappa shape index (κ2) is 3.08. The van der Waals surface area contributed by atoms with Crippen molar-refractivity contribution in [3.05, 3.63) is 5.89 Å². The molecule has 3 N–H and O–H groups in total. The molecule has 3 heterocycles. The molecule has 3 rings (SSSR count). The van der Waals surface area contributed by atoms with E-state index in [0.29, 0.717) is 25.3 Å². The first-order valence-corrected chi connectivity index (χ1v) is 5.04. The Morgan fingerprint density at radius 3 is 3.00 bits per heavy atom. The Kier molecular flexibility index (Phi) is 1.81. The maximum atomic E-state index is 11.7. The summed E-state index contributed by atoms with van der Waals surface area (Å²) in [5.74, 6) is 0.393. The molecule has 0 saturated carbocycles. The van der Waals surface area contributed by atoms with Crippen LogP contribution in [0.1, 0.15) is 24.8 Å². The van der Waals surface area contributed by atoms with E-state index in [-0.39, 0.29) is 18.0 Å². The number of rotatable bonds is 1. The number of carbonyl (C=O) groups is 1. The first-order chi connectivity index (χ1) is 7.66. The van der Waals surface area contributed by atoms with Crippen molar-refractivity contribution in [1.29, 1.82) is 0 Å². The van der Waals surface area contributed by atoms with E-state index in [9.17, 15) is 10.0 Å². The number of urea groups is 1. The lowest BCUT2D eigenvalue weighted by molar-refractivity contribution is -0.0584. The third-order valence-electron chi connectivity index (χ3n) is 3.09. The molecule has 16 heavy (non-hydrogen) atoms. The molecule has 8 heteroatoms. The number of nitrogens with zero attached hydrogens (tertiary/aromatic N) is 4. The third kappa shape index (κ3) is 1.16. The summed E-state index contributed by atoms with van der Waals surface area (Å²) < 4.78 is 4.96. The largest absolute Gasteiger partial charge is 0.365 e. The summed E-state index contributed by atoms with van der Waals surface area (Å²) in [5.41, 5.74) is 5.37. The Morgan fingerprint density at radius 2 is 2.31 bits per heavy atom. The summed E-state index contributed by atoms with van der Waals surface area (Å²) in [7, 11) is 0. The molecular weight excluding hydrogens is 214 g/mol. The predicted octanol–water partition coefficient (Wildman–Crippen LogP) is -0.0179. The smallest absolute Gasteiger partial charge is 0.344 e. The topological polar surface area (TPSA) is 109 Å². The Bertz CT molecular complexity index is 433. The van der Waals surface area contributed by atoms with Gasteiger partial charge in [0.15, 0.2) is 0 Å². The summed E-state index contributed by atoms with van der Waals surface area (Å²) >= 11 is 0. The van der Waals surface area contributed by atoms with Gasteiger partial charge >= 0.3 is 6.03 Å². The van der Waals surface area contributed by atoms with Crippen molar-refractivity contribution < 1.29 is 14.5 Å². The minimum atomic E-state index is -0.413. The lowest BCUT2D eigenvalue weighted by Gasteiger charge is -2.27. The Balaban J connectivity index is 1.90. The van der Waals surface area contributed by atoms with Crippen LogP contribution in [0, 0.1) is 0 Å². The van der Waals surface area contributed by atoms with Crippen molar-refractivity contribution in [2.24, 2.45) is 0 Å². The zero-order valence-corrected chi connectivity index (χ0v) is 8.41. The molecule has 2 saturated heterocycles. The monoisotopic (exact) mass is 225 g/mol. The average Bonchev–Trinajstić information content (AvgIpc) is 2.80. The van der Waals surface area contributed by atoms with Crippen LogP contribution >= 0.6 is 0 Å². The maximum Gasteiger partial charge on any atom is 0.344 e. The van der Waals surface area contributed by atoms with E-state index in [1.54, 1.807) is 0 Å². The van der Waals surface area contributed by atoms with Gasteiger partial charge in [-0.25, -0.2) is 9.86 Å². The molecule has 2 bridgehead atoms. The van der Waals surface area contributed by atoms with Gasteiger partial charge in [-0.15, -0.1) is 0 Å². The Morgan fingerprint density at radius 1 is 1.50 bits per heavy atom. The standard InChI is InChI=1S/C8H11N5O3/c9-7-10-6(16-11-7)5-2-1-4-3-12(5)8(14)13(4)15/h4-5,15H,1-3H2,(H2,9,11)/t4-,5+/m1/s1. The first-order valence-electron chi connectivity index (χ1n) is 5.04. The van der Waals surface area contributed by atoms with E-state index in [1.165, 1.54) is 4.90 Å². The van der Waals surface area contributed by atoms with E-state index in [1.807, 2.05) is 0 Å². The van der Waals surface area contributed by atoms with Crippen LogP contribution in [0.4, 0.5) is 10.7 Å². The summed E-state index contributed by atoms with van der Waals surface area (Å²) in [4.78, 5) is 17.1. The van der Waals surface area contributed by atoms with Gasteiger partial charge in [0.2, 0.25) is 0 Å². The summed E-state index contributed by atoms with van der Waals surface area (Å²) in [5, 5.41) is 13.8. The van der Waals surface area contributed by atoms with Gasteiger partial charge in [-0.1, -0.05) is 0 Å². The fraction of sp³-hybridized carbons (Fsp3) is 0.625. The highest BCUT2D eigenvalue weighted by atomic mass is 16.5. The number of nitrogen functional groups attached to an aromatic ring is 1. The van der Waals surface area contributed by atoms with Crippen molar-refractivity contribution in [2.75, 3.05) is 12.3 Å². The van der Waals surface area contributed by atoms with Gasteiger partial charge in [0.25, 0.3) is 11.8 Å². The molecule has 0 unspecified atom stereocenters. The Hall–Kier alpha value is -1.83. The zero-order chi connectivity index (χ0) is 11.3. The summed E-state index contributed by atoms with van der Waals surface area (Å²) in [6, 6.07) is -0.806. The van der Waals surface area contributed by atoms with Gasteiger partial charge in [0.1, 0.15) is 6.04 Å². The number of carbonyl (C=O) groups excluding carboxylic acids is 1. The van der Waals surface area contributed by atoms with Crippen molar-refractivity contribution in [3.8, 4) is 0 Å². The molecule has 0 aliphatic carbocycles. The van der Waals surface area contributed by atoms with E-state index in [4.69, 9.17) is 10.3 Å². The molecule has 0 spiro atoms. The molecule has 0 radical (unpaired) electrons. The molecule has 2 aliphatic heterocycles. The van der Waals surface area contributed by atoms with Crippen LogP contribution in [0.15, 0.2) is 4.52 Å². The van der Waals surface area contributed by atoms with Gasteiger partial charge < -0.3 is 15.2 Å². The van der Waals surface area contributed by atoms with E-state index in [0.717, 1.165) is 5.06 Å². The zero-order valence-electron chi connectivity index (χ0n) is 8.41. The van der Waals surface area contributed by atoms with Gasteiger partial charge in [0, 0.05) is 6.54 Å². The molecule has 2 amide bonds. The second-order valence-electron chi connectivity index (χ2n) is 4.02. The van der Waals surface area contributed by atoms with Crippen LogP contribution in [-0.4, -0.2) is 43.9 Å². The van der Waals surface area contributed by atoms with Crippen molar-refractivity contribution >= 4 is 12.0 Å². The first kappa shape index (κ1) is 9.40. The van der Waals surface area contributed by atoms with Crippen LogP contribution in [0.3, 0.4) is 0 Å². The average molecular weight is 225 g/mol. The number of piperidine rings is 1. The molecule has 2 atom stereocenters. The number of fused-ring (bicyclic) bond motifs is 2. The van der Waals surface area contributed by atoms with E-state index < -0.39 is 6.03 Å². The summed E-state index contributed by atoms with van der Waals surface area (Å²) in [6.45, 7) is 0.488. The van der Waals surface area contributed by atoms with Crippen LogP contribution in [0.2, 0.25) is 0 Å². The highest BCUT2D eigenvalue weighted by Crippen LogP contribution is 2.36. The van der Waals surface area contributed by atoms with Crippen molar-refractivity contribution in [3.63, 3.8) is 0 Å². The highest BCUT2D eigenvalue weighted by Gasteiger charge is 2.46. The molecule has 2 fully saturated rings. The van der Waals surface area contributed by atoms with Gasteiger partial charge in [-0.3, -0.25) is 5.21 Å². The minimum absolute atomic E-state index is 0.0598. The van der Waals surface area contributed by atoms with Crippen LogP contribution in [-0.2, 0) is 0 Å². The minimum Gasteiger partial charge on any atom is -0.365 e. The van der Waals surface area contributed by atoms with E-state index >= 15 is 0 Å². The Labute approximate surface area is 90.6 Å². The van der Waals surface area contributed by atoms with Crippen molar-refractivity contribution in [2.45, 2.75) is 24.9 Å². The number of nitrogens with two attached hydrogens (primary N) is 1. The molecular formula is C8H11N5O3. The fourth-order valence-electron chi connectivity index (χ4n) is 2.29. The SMILES string of the molecule is Nc1noc([C@@H]2CC[C@@H]3CN2C(=O)N3O)n1. The molecule has 8 nitrogen and oxygen atoms in total. The second-order valence-corrected chi connectivity index (χ2v) is 4.02. The number of hydrogen-bond donors (Lipinski definition) is 2. The van der Waals surface area contributed by atoms with Gasteiger partial charge in [-0.2, -0.15) is 4.98 Å². The molecule has 2 aliphatic rings. The fourth-order valence-corrected chi connectivity index (χ4v) is 2.29. The summed E-state index contributed by atoms with van der Waals surface area (Å²) in [6.07, 6.45) is 1.40. The maximum absolute atomic E-state index is 11.7. The van der Waals surface area contributed by atoms with E-state index in [2.05, 4.69) is 10.1 Å². The van der Waals surface area contributed by atoms with Crippen LogP contribution in [0.25, 0.3) is 0 Å². The molecule has 86 valence electrons. The third-order valence-corrected chi connectivity index (χ3v) is 3.09. The lowest BCUT2D eigenvalue weighted by atomic mass is 10.0. The normalized spacial score (nSPS) is 28.9. The van der Waals surface area contributed by atoms with Gasteiger partial charge in [-0.05, 0) is 18.0 Å². The number of amides is 2. The lowest BCUT2D eigenvalue weighted by Crippen LogP contribution is -2.34. The number of hydroxylamine groups is 2. The molecule has 1 aromatic rings.